The molecule has 0 spiro atoms. The van der Waals surface area contributed by atoms with E-state index >= 15 is 8.78 Å². The third-order valence-electron chi connectivity index (χ3n) is 8.56. The zero-order valence-electron chi connectivity index (χ0n) is 22.3. The molecule has 2 atom stereocenters. The largest absolute Gasteiger partial charge is 0.416 e. The zero-order chi connectivity index (χ0) is 29.3. The molecule has 7 nitrogen and oxygen atoms in total. The van der Waals surface area contributed by atoms with Crippen molar-refractivity contribution in [2.45, 2.75) is 49.6 Å². The summed E-state index contributed by atoms with van der Waals surface area (Å²) in [4.78, 5) is 16.5. The number of alkyl halides is 6. The van der Waals surface area contributed by atoms with Gasteiger partial charge in [0.1, 0.15) is 17.9 Å². The van der Waals surface area contributed by atoms with Crippen molar-refractivity contribution >= 4 is 11.6 Å². The summed E-state index contributed by atoms with van der Waals surface area (Å²) in [6.45, 7) is 1.19. The van der Waals surface area contributed by atoms with Crippen LogP contribution in [0.25, 0.3) is 0 Å². The number of carbonyl (C=O) groups excluding carboxylic acids is 1. The molecule has 2 aromatic carbocycles. The average molecular weight is 580 g/mol. The Balaban J connectivity index is 1.37. The second kappa shape index (κ2) is 9.55. The van der Waals surface area contributed by atoms with Crippen LogP contribution in [0.2, 0.25) is 0 Å². The summed E-state index contributed by atoms with van der Waals surface area (Å²) in [5, 5.41) is 7.17. The van der Waals surface area contributed by atoms with Gasteiger partial charge in [-0.25, -0.2) is 4.39 Å². The lowest BCUT2D eigenvalue weighted by Gasteiger charge is -2.46. The topological polar surface area (TPSA) is 63.5 Å². The van der Waals surface area contributed by atoms with Gasteiger partial charge >= 0.3 is 12.1 Å². The zero-order valence-corrected chi connectivity index (χ0v) is 22.3. The van der Waals surface area contributed by atoms with Crippen molar-refractivity contribution in [1.29, 1.82) is 0 Å². The molecule has 4 heterocycles. The SMILES string of the molecule is CC(c1cc2c(c(C(F)(F)F)c1)CN(c1cccc(C3(C(F)(F)c4nncn4C)COC3)c1)C2=O)N1CCC(F)C1. The highest BCUT2D eigenvalue weighted by atomic mass is 19.4. The second-order valence-electron chi connectivity index (χ2n) is 11.0. The minimum atomic E-state index is -4.74. The first-order valence-corrected chi connectivity index (χ1v) is 13.2. The van der Waals surface area contributed by atoms with Gasteiger partial charge in [-0.05, 0) is 54.3 Å². The van der Waals surface area contributed by atoms with Gasteiger partial charge in [-0.1, -0.05) is 12.1 Å². The summed E-state index contributed by atoms with van der Waals surface area (Å²) in [6.07, 6.45) is -4.33. The molecular formula is C28H27F6N5O2. The molecule has 0 radical (unpaired) electrons. The molecule has 3 aliphatic rings. The quantitative estimate of drug-likeness (QED) is 0.378. The number of carbonyl (C=O) groups is 1. The number of aryl methyl sites for hydroxylation is 1. The lowest BCUT2D eigenvalue weighted by Crippen LogP contribution is -2.58. The summed E-state index contributed by atoms with van der Waals surface area (Å²) in [7, 11) is 1.40. The number of benzene rings is 2. The number of amides is 1. The molecular weight excluding hydrogens is 552 g/mol. The molecule has 218 valence electrons. The van der Waals surface area contributed by atoms with E-state index in [0.29, 0.717) is 13.0 Å². The van der Waals surface area contributed by atoms with Crippen LogP contribution < -0.4 is 4.90 Å². The molecule has 2 unspecified atom stereocenters. The van der Waals surface area contributed by atoms with Crippen LogP contribution in [-0.4, -0.2) is 58.0 Å². The van der Waals surface area contributed by atoms with Gasteiger partial charge in [0.15, 0.2) is 0 Å². The van der Waals surface area contributed by atoms with E-state index in [-0.39, 0.29) is 54.2 Å². The molecule has 1 amide bonds. The lowest BCUT2D eigenvalue weighted by molar-refractivity contribution is -0.206. The fourth-order valence-corrected chi connectivity index (χ4v) is 6.03. The third-order valence-corrected chi connectivity index (χ3v) is 8.56. The summed E-state index contributed by atoms with van der Waals surface area (Å²) in [6, 6.07) is 7.82. The Bertz CT molecular complexity index is 1500. The maximum Gasteiger partial charge on any atom is 0.416 e. The van der Waals surface area contributed by atoms with E-state index < -0.39 is 47.0 Å². The van der Waals surface area contributed by atoms with Crippen LogP contribution >= 0.6 is 0 Å². The molecule has 2 fully saturated rings. The summed E-state index contributed by atoms with van der Waals surface area (Å²) in [5.74, 6) is -4.71. The summed E-state index contributed by atoms with van der Waals surface area (Å²) in [5.41, 5.74) is -2.40. The Labute approximate surface area is 231 Å². The van der Waals surface area contributed by atoms with Crippen molar-refractivity contribution in [1.82, 2.24) is 19.7 Å². The van der Waals surface area contributed by atoms with Gasteiger partial charge in [0.05, 0.1) is 25.3 Å². The maximum absolute atomic E-state index is 15.9. The number of fused-ring (bicyclic) bond motifs is 1. The van der Waals surface area contributed by atoms with E-state index in [1.54, 1.807) is 11.8 Å². The predicted octanol–water partition coefficient (Wildman–Crippen LogP) is 5.16. The van der Waals surface area contributed by atoms with E-state index in [9.17, 15) is 22.4 Å². The van der Waals surface area contributed by atoms with Crippen molar-refractivity contribution in [3.05, 3.63) is 76.4 Å². The highest BCUT2D eigenvalue weighted by Gasteiger charge is 2.63. The predicted molar refractivity (Wildman–Crippen MR) is 135 cm³/mol. The molecule has 0 N–H and O–H groups in total. The molecule has 0 bridgehead atoms. The summed E-state index contributed by atoms with van der Waals surface area (Å²) < 4.78 is 94.6. The number of aromatic nitrogens is 3. The fraction of sp³-hybridized carbons (Fsp3) is 0.464. The number of likely N-dealkylation sites (tertiary alicyclic amines) is 1. The smallest absolute Gasteiger partial charge is 0.379 e. The van der Waals surface area contributed by atoms with Gasteiger partial charge in [0.2, 0.25) is 5.82 Å². The van der Waals surface area contributed by atoms with E-state index in [4.69, 9.17) is 4.74 Å². The van der Waals surface area contributed by atoms with Crippen LogP contribution in [0.1, 0.15) is 57.8 Å². The number of ether oxygens (including phenoxy) is 1. The molecule has 1 aromatic heterocycles. The molecule has 3 aromatic rings. The Hall–Kier alpha value is -3.45. The van der Waals surface area contributed by atoms with E-state index in [1.165, 1.54) is 48.6 Å². The number of anilines is 1. The second-order valence-corrected chi connectivity index (χ2v) is 11.0. The maximum atomic E-state index is 15.9. The molecule has 13 heteroatoms. The molecule has 0 saturated carbocycles. The minimum absolute atomic E-state index is 0.103. The highest BCUT2D eigenvalue weighted by Crippen LogP contribution is 2.51. The molecule has 41 heavy (non-hydrogen) atoms. The Morgan fingerprint density at radius 2 is 1.88 bits per heavy atom. The first-order valence-electron chi connectivity index (χ1n) is 13.2. The third kappa shape index (κ3) is 4.32. The van der Waals surface area contributed by atoms with Crippen molar-refractivity contribution in [3.63, 3.8) is 0 Å². The average Bonchev–Trinajstić information content (AvgIpc) is 3.61. The molecule has 6 rings (SSSR count). The number of hydrogen-bond donors (Lipinski definition) is 0. The fourth-order valence-electron chi connectivity index (χ4n) is 6.03. The molecule has 2 saturated heterocycles. The standard InChI is InChI=1S/C28H27F6N5O2/c1-16(38-7-6-19(29)11-38)17-8-21-22(23(9-17)28(32,33)34)12-39(24(21)40)20-5-3-4-18(10-20)26(13-41-14-26)27(30,31)25-36-35-15-37(25)2/h3-5,8-10,15-16,19H,6-7,11-14H2,1-2H3. The van der Waals surface area contributed by atoms with Crippen molar-refractivity contribution in [2.24, 2.45) is 7.05 Å². The van der Waals surface area contributed by atoms with Crippen LogP contribution in [0.4, 0.5) is 32.0 Å². The first-order chi connectivity index (χ1) is 19.3. The van der Waals surface area contributed by atoms with Gasteiger partial charge in [-0.15, -0.1) is 10.2 Å². The van der Waals surface area contributed by atoms with Gasteiger partial charge in [-0.2, -0.15) is 22.0 Å². The lowest BCUT2D eigenvalue weighted by atomic mass is 9.72. The molecule has 3 aliphatic heterocycles. The van der Waals surface area contributed by atoms with Crippen molar-refractivity contribution in [2.75, 3.05) is 31.2 Å². The molecule has 0 aliphatic carbocycles. The minimum Gasteiger partial charge on any atom is -0.379 e. The highest BCUT2D eigenvalue weighted by molar-refractivity contribution is 6.10. The normalized spacial score (nSPS) is 21.7. The van der Waals surface area contributed by atoms with Crippen LogP contribution in [-0.2, 0) is 35.8 Å². The van der Waals surface area contributed by atoms with Gasteiger partial charge < -0.3 is 14.2 Å². The van der Waals surface area contributed by atoms with E-state index in [0.717, 1.165) is 10.6 Å². The van der Waals surface area contributed by atoms with Crippen LogP contribution in [0.5, 0.6) is 0 Å². The first kappa shape index (κ1) is 27.7. The Morgan fingerprint density at radius 3 is 2.46 bits per heavy atom. The van der Waals surface area contributed by atoms with Crippen molar-refractivity contribution < 1.29 is 35.9 Å². The Kier molecular flexibility index (Phi) is 6.45. The Morgan fingerprint density at radius 1 is 1.12 bits per heavy atom. The van der Waals surface area contributed by atoms with Crippen molar-refractivity contribution in [3.8, 4) is 0 Å². The van der Waals surface area contributed by atoms with E-state index in [1.807, 2.05) is 0 Å². The van der Waals surface area contributed by atoms with E-state index in [2.05, 4.69) is 10.2 Å². The van der Waals surface area contributed by atoms with Crippen LogP contribution in [0.3, 0.4) is 0 Å². The van der Waals surface area contributed by atoms with Gasteiger partial charge in [0, 0.05) is 37.4 Å². The van der Waals surface area contributed by atoms with Crippen LogP contribution in [0.15, 0.2) is 42.7 Å². The van der Waals surface area contributed by atoms with Gasteiger partial charge in [-0.3, -0.25) is 9.69 Å². The van der Waals surface area contributed by atoms with Gasteiger partial charge in [0.25, 0.3) is 5.91 Å². The number of hydrogen-bond acceptors (Lipinski definition) is 5. The number of nitrogens with zero attached hydrogens (tertiary/aromatic N) is 5. The van der Waals surface area contributed by atoms with Crippen LogP contribution in [0, 0.1) is 0 Å². The monoisotopic (exact) mass is 579 g/mol. The number of rotatable bonds is 6. The number of halogens is 6. The summed E-state index contributed by atoms with van der Waals surface area (Å²) >= 11 is 0.